The lowest BCUT2D eigenvalue weighted by molar-refractivity contribution is -0.120. The second kappa shape index (κ2) is 8.54. The molecule has 2 fully saturated rings. The first kappa shape index (κ1) is 18.0. The number of para-hydroxylation sites is 2. The van der Waals surface area contributed by atoms with Crippen LogP contribution in [-0.4, -0.2) is 62.8 Å². The molecule has 0 aromatic heterocycles. The van der Waals surface area contributed by atoms with E-state index in [1.807, 2.05) is 24.3 Å². The summed E-state index contributed by atoms with van der Waals surface area (Å²) in [5, 5.41) is 6.30. The normalized spacial score (nSPS) is 20.2. The van der Waals surface area contributed by atoms with Crippen molar-refractivity contribution in [2.24, 2.45) is 0 Å². The van der Waals surface area contributed by atoms with Crippen LogP contribution in [0.5, 0.6) is 5.75 Å². The van der Waals surface area contributed by atoms with Crippen molar-refractivity contribution in [2.75, 3.05) is 51.8 Å². The Labute approximate surface area is 149 Å². The molecular weight excluding hydrogens is 318 g/mol. The highest BCUT2D eigenvalue weighted by Gasteiger charge is 2.39. The van der Waals surface area contributed by atoms with Gasteiger partial charge in [0.1, 0.15) is 5.75 Å². The molecule has 2 aliphatic rings. The minimum Gasteiger partial charge on any atom is -0.495 e. The number of methoxy groups -OCH3 is 1. The highest BCUT2D eigenvalue weighted by atomic mass is 16.5. The van der Waals surface area contributed by atoms with Crippen molar-refractivity contribution in [3.05, 3.63) is 24.3 Å². The standard InChI is InChI=1S/C19H29N3O3/c1-24-17-7-3-2-6-16(17)20-14-18(23)21-15-19(8-12-25-13-9-19)22-10-4-5-11-22/h2-3,6-7,20H,4-5,8-15H2,1H3,(H,21,23). The molecule has 2 heterocycles. The van der Waals surface area contributed by atoms with Crippen LogP contribution in [0.1, 0.15) is 25.7 Å². The van der Waals surface area contributed by atoms with Crippen molar-refractivity contribution in [3.63, 3.8) is 0 Å². The van der Waals surface area contributed by atoms with Crippen LogP contribution < -0.4 is 15.4 Å². The van der Waals surface area contributed by atoms with Gasteiger partial charge < -0.3 is 20.1 Å². The monoisotopic (exact) mass is 347 g/mol. The molecule has 138 valence electrons. The number of rotatable bonds is 7. The molecule has 6 nitrogen and oxygen atoms in total. The van der Waals surface area contributed by atoms with Gasteiger partial charge in [0.05, 0.1) is 19.3 Å². The molecule has 0 atom stereocenters. The third kappa shape index (κ3) is 4.44. The molecule has 1 aromatic rings. The van der Waals surface area contributed by atoms with Crippen molar-refractivity contribution in [2.45, 2.75) is 31.2 Å². The number of ether oxygens (including phenoxy) is 2. The van der Waals surface area contributed by atoms with Crippen LogP contribution in [0.3, 0.4) is 0 Å². The summed E-state index contributed by atoms with van der Waals surface area (Å²) in [6.45, 7) is 4.78. The van der Waals surface area contributed by atoms with Crippen molar-refractivity contribution in [3.8, 4) is 5.75 Å². The van der Waals surface area contributed by atoms with Gasteiger partial charge in [0, 0.05) is 25.3 Å². The average molecular weight is 347 g/mol. The SMILES string of the molecule is COc1ccccc1NCC(=O)NCC1(N2CCCC2)CCOCC1. The van der Waals surface area contributed by atoms with E-state index in [1.165, 1.54) is 12.8 Å². The van der Waals surface area contributed by atoms with E-state index in [0.717, 1.165) is 50.6 Å². The number of likely N-dealkylation sites (tertiary alicyclic amines) is 1. The van der Waals surface area contributed by atoms with Gasteiger partial charge in [-0.25, -0.2) is 0 Å². The molecule has 0 spiro atoms. The Balaban J connectivity index is 1.53. The van der Waals surface area contributed by atoms with Gasteiger partial charge >= 0.3 is 0 Å². The lowest BCUT2D eigenvalue weighted by atomic mass is 9.88. The highest BCUT2D eigenvalue weighted by molar-refractivity contribution is 5.81. The van der Waals surface area contributed by atoms with Gasteiger partial charge in [-0.05, 0) is 50.9 Å². The molecule has 6 heteroatoms. The maximum absolute atomic E-state index is 12.4. The number of hydrogen-bond donors (Lipinski definition) is 2. The molecule has 0 unspecified atom stereocenters. The number of carbonyl (C=O) groups is 1. The van der Waals surface area contributed by atoms with Crippen LogP contribution in [-0.2, 0) is 9.53 Å². The van der Waals surface area contributed by atoms with Gasteiger partial charge in [-0.3, -0.25) is 9.69 Å². The second-order valence-corrected chi connectivity index (χ2v) is 6.86. The van der Waals surface area contributed by atoms with Crippen molar-refractivity contribution < 1.29 is 14.3 Å². The first-order valence-corrected chi connectivity index (χ1v) is 9.20. The Morgan fingerprint density at radius 2 is 1.96 bits per heavy atom. The van der Waals surface area contributed by atoms with E-state index in [9.17, 15) is 4.79 Å². The summed E-state index contributed by atoms with van der Waals surface area (Å²) < 4.78 is 10.9. The summed E-state index contributed by atoms with van der Waals surface area (Å²) >= 11 is 0. The quantitative estimate of drug-likeness (QED) is 0.788. The zero-order chi connectivity index (χ0) is 17.5. The topological polar surface area (TPSA) is 62.8 Å². The zero-order valence-electron chi connectivity index (χ0n) is 15.1. The molecule has 25 heavy (non-hydrogen) atoms. The number of benzene rings is 1. The van der Waals surface area contributed by atoms with E-state index in [2.05, 4.69) is 15.5 Å². The zero-order valence-corrected chi connectivity index (χ0v) is 15.1. The number of anilines is 1. The summed E-state index contributed by atoms with van der Waals surface area (Å²) in [4.78, 5) is 14.9. The van der Waals surface area contributed by atoms with Crippen LogP contribution in [0.15, 0.2) is 24.3 Å². The average Bonchev–Trinajstić information content (AvgIpc) is 3.21. The van der Waals surface area contributed by atoms with E-state index in [4.69, 9.17) is 9.47 Å². The van der Waals surface area contributed by atoms with Crippen molar-refractivity contribution >= 4 is 11.6 Å². The highest BCUT2D eigenvalue weighted by Crippen LogP contribution is 2.30. The fourth-order valence-corrected chi connectivity index (χ4v) is 3.84. The summed E-state index contributed by atoms with van der Waals surface area (Å²) in [6.07, 6.45) is 4.50. The molecule has 0 aliphatic carbocycles. The van der Waals surface area contributed by atoms with Crippen LogP contribution in [0, 0.1) is 0 Å². The molecule has 2 N–H and O–H groups in total. The molecule has 0 radical (unpaired) electrons. The Morgan fingerprint density at radius 1 is 1.24 bits per heavy atom. The number of hydrogen-bond acceptors (Lipinski definition) is 5. The Kier molecular flexibility index (Phi) is 6.15. The number of carbonyl (C=O) groups excluding carboxylic acids is 1. The summed E-state index contributed by atoms with van der Waals surface area (Å²) in [5.74, 6) is 0.754. The van der Waals surface area contributed by atoms with Crippen molar-refractivity contribution in [1.82, 2.24) is 10.2 Å². The van der Waals surface area contributed by atoms with E-state index in [-0.39, 0.29) is 18.0 Å². The fourth-order valence-electron chi connectivity index (χ4n) is 3.84. The number of amides is 1. The van der Waals surface area contributed by atoms with E-state index < -0.39 is 0 Å². The van der Waals surface area contributed by atoms with E-state index >= 15 is 0 Å². The number of nitrogens with one attached hydrogen (secondary N) is 2. The Hall–Kier alpha value is -1.79. The van der Waals surface area contributed by atoms with Gasteiger partial charge in [0.25, 0.3) is 0 Å². The van der Waals surface area contributed by atoms with Gasteiger partial charge in [-0.2, -0.15) is 0 Å². The van der Waals surface area contributed by atoms with Gasteiger partial charge in [0.2, 0.25) is 5.91 Å². The molecule has 3 rings (SSSR count). The third-order valence-corrected chi connectivity index (χ3v) is 5.36. The van der Waals surface area contributed by atoms with Gasteiger partial charge in [-0.1, -0.05) is 12.1 Å². The van der Waals surface area contributed by atoms with Crippen molar-refractivity contribution in [1.29, 1.82) is 0 Å². The predicted octanol–water partition coefficient (Wildman–Crippen LogP) is 1.87. The summed E-state index contributed by atoms with van der Waals surface area (Å²) in [7, 11) is 1.63. The maximum Gasteiger partial charge on any atom is 0.239 e. The molecule has 2 saturated heterocycles. The number of nitrogens with zero attached hydrogens (tertiary/aromatic N) is 1. The van der Waals surface area contributed by atoms with Crippen LogP contribution in [0.2, 0.25) is 0 Å². The first-order valence-electron chi connectivity index (χ1n) is 9.20. The molecule has 0 saturated carbocycles. The first-order chi connectivity index (χ1) is 12.2. The van der Waals surface area contributed by atoms with E-state index in [1.54, 1.807) is 7.11 Å². The van der Waals surface area contributed by atoms with Gasteiger partial charge in [0.15, 0.2) is 0 Å². The molecule has 2 aliphatic heterocycles. The molecule has 0 bridgehead atoms. The lowest BCUT2D eigenvalue weighted by Crippen LogP contribution is -2.57. The smallest absolute Gasteiger partial charge is 0.239 e. The maximum atomic E-state index is 12.4. The summed E-state index contributed by atoms with van der Waals surface area (Å²) in [6, 6.07) is 7.63. The molecule has 1 amide bonds. The fraction of sp³-hybridized carbons (Fsp3) is 0.632. The molecular formula is C19H29N3O3. The van der Waals surface area contributed by atoms with Crippen LogP contribution >= 0.6 is 0 Å². The second-order valence-electron chi connectivity index (χ2n) is 6.86. The minimum absolute atomic E-state index is 0.0102. The van der Waals surface area contributed by atoms with E-state index in [0.29, 0.717) is 6.54 Å². The lowest BCUT2D eigenvalue weighted by Gasteiger charge is -2.44. The molecule has 1 aromatic carbocycles. The van der Waals surface area contributed by atoms with Gasteiger partial charge in [-0.15, -0.1) is 0 Å². The van der Waals surface area contributed by atoms with Crippen LogP contribution in [0.25, 0.3) is 0 Å². The Bertz CT molecular complexity index is 567. The third-order valence-electron chi connectivity index (χ3n) is 5.36. The van der Waals surface area contributed by atoms with Crippen LogP contribution in [0.4, 0.5) is 5.69 Å². The largest absolute Gasteiger partial charge is 0.495 e. The minimum atomic E-state index is 0.0102. The summed E-state index contributed by atoms with van der Waals surface area (Å²) in [5.41, 5.74) is 0.898. The predicted molar refractivity (Wildman–Crippen MR) is 98.1 cm³/mol. The Morgan fingerprint density at radius 3 is 2.68 bits per heavy atom.